The van der Waals surface area contributed by atoms with Crippen LogP contribution < -0.4 is 10.6 Å². The van der Waals surface area contributed by atoms with E-state index in [-0.39, 0.29) is 11.8 Å². The number of benzene rings is 1. The highest BCUT2D eigenvalue weighted by molar-refractivity contribution is 9.10. The fraction of sp³-hybridized carbons (Fsp3) is 0.286. The molecule has 1 heterocycles. The molecule has 2 rings (SSSR count). The summed E-state index contributed by atoms with van der Waals surface area (Å²) in [6.45, 7) is 2.46. The molecule has 5 nitrogen and oxygen atoms in total. The van der Waals surface area contributed by atoms with E-state index in [9.17, 15) is 4.79 Å². The Morgan fingerprint density at radius 1 is 1.48 bits per heavy atom. The number of hydrogen-bond acceptors (Lipinski definition) is 3. The molecule has 0 aliphatic carbocycles. The topological polar surface area (TPSA) is 69.8 Å². The van der Waals surface area contributed by atoms with Gasteiger partial charge >= 0.3 is 0 Å². The first-order valence-corrected chi connectivity index (χ1v) is 7.64. The molecule has 21 heavy (non-hydrogen) atoms. The van der Waals surface area contributed by atoms with Gasteiger partial charge in [-0.25, -0.2) is 0 Å². The van der Waals surface area contributed by atoms with Gasteiger partial charge in [-0.1, -0.05) is 34.5 Å². The molecule has 0 aliphatic rings. The minimum absolute atomic E-state index is 0.0808. The number of carbonyl (C=O) groups is 1. The average Bonchev–Trinajstić information content (AvgIpc) is 2.90. The molecule has 0 fully saturated rings. The van der Waals surface area contributed by atoms with Crippen LogP contribution in [0, 0.1) is 5.92 Å². The molecule has 0 spiro atoms. The van der Waals surface area contributed by atoms with Crippen LogP contribution in [0.15, 0.2) is 28.7 Å². The van der Waals surface area contributed by atoms with Gasteiger partial charge in [-0.05, 0) is 25.2 Å². The van der Waals surface area contributed by atoms with Crippen LogP contribution in [0.4, 0.5) is 5.82 Å². The van der Waals surface area contributed by atoms with Gasteiger partial charge in [-0.15, -0.1) is 0 Å². The number of nitrogens with zero attached hydrogens (tertiary/aromatic N) is 1. The maximum atomic E-state index is 11.9. The van der Waals surface area contributed by atoms with Gasteiger partial charge in [0, 0.05) is 28.6 Å². The highest BCUT2D eigenvalue weighted by Crippen LogP contribution is 2.30. The second kappa shape index (κ2) is 7.06. The average molecular weight is 372 g/mol. The minimum Gasteiger partial charge on any atom is -0.319 e. The molecule has 0 bridgehead atoms. The van der Waals surface area contributed by atoms with Crippen LogP contribution in [0.5, 0.6) is 0 Å². The summed E-state index contributed by atoms with van der Waals surface area (Å²) in [6.07, 6.45) is 0. The Hall–Kier alpha value is -1.37. The van der Waals surface area contributed by atoms with E-state index < -0.39 is 0 Å². The van der Waals surface area contributed by atoms with Crippen molar-refractivity contribution in [1.29, 1.82) is 0 Å². The molecule has 3 N–H and O–H groups in total. The molecule has 1 atom stereocenters. The van der Waals surface area contributed by atoms with E-state index >= 15 is 0 Å². The lowest BCUT2D eigenvalue weighted by atomic mass is 10.1. The van der Waals surface area contributed by atoms with E-state index in [1.165, 1.54) is 0 Å². The van der Waals surface area contributed by atoms with Crippen molar-refractivity contribution in [1.82, 2.24) is 15.5 Å². The zero-order chi connectivity index (χ0) is 15.4. The molecule has 0 saturated carbocycles. The van der Waals surface area contributed by atoms with Gasteiger partial charge < -0.3 is 10.6 Å². The largest absolute Gasteiger partial charge is 0.319 e. The van der Waals surface area contributed by atoms with Crippen LogP contribution in [-0.4, -0.2) is 29.7 Å². The van der Waals surface area contributed by atoms with E-state index in [1.54, 1.807) is 12.1 Å². The molecular weight excluding hydrogens is 356 g/mol. The predicted molar refractivity (Wildman–Crippen MR) is 88.5 cm³/mol. The molecule has 0 aliphatic heterocycles. The summed E-state index contributed by atoms with van der Waals surface area (Å²) in [4.78, 5) is 11.9. The maximum Gasteiger partial charge on any atom is 0.229 e. The first kappa shape index (κ1) is 16.0. The van der Waals surface area contributed by atoms with Crippen molar-refractivity contribution in [2.45, 2.75) is 6.92 Å². The number of H-pyrrole nitrogens is 1. The molecular formula is C14H16BrClN4O. The van der Waals surface area contributed by atoms with Gasteiger partial charge in [0.05, 0.1) is 10.7 Å². The van der Waals surface area contributed by atoms with Gasteiger partial charge in [0.15, 0.2) is 5.82 Å². The van der Waals surface area contributed by atoms with E-state index in [0.717, 1.165) is 15.7 Å². The van der Waals surface area contributed by atoms with Gasteiger partial charge in [0.1, 0.15) is 0 Å². The SMILES string of the molecule is CNCC(C)C(=O)Nc1cc(-c2cc(Br)ccc2Cl)[nH]n1. The van der Waals surface area contributed by atoms with Crippen LogP contribution in [0.2, 0.25) is 5.02 Å². The third-order valence-corrected chi connectivity index (χ3v) is 3.83. The summed E-state index contributed by atoms with van der Waals surface area (Å²) >= 11 is 9.58. The van der Waals surface area contributed by atoms with Crippen molar-refractivity contribution >= 4 is 39.3 Å². The number of amides is 1. The first-order chi connectivity index (χ1) is 10.0. The highest BCUT2D eigenvalue weighted by Gasteiger charge is 2.14. The summed E-state index contributed by atoms with van der Waals surface area (Å²) in [6, 6.07) is 7.32. The van der Waals surface area contributed by atoms with E-state index in [2.05, 4.69) is 36.8 Å². The molecule has 2 aromatic rings. The second-order valence-corrected chi connectivity index (χ2v) is 6.06. The number of nitrogens with one attached hydrogen (secondary N) is 3. The van der Waals surface area contributed by atoms with Gasteiger partial charge in [-0.3, -0.25) is 9.89 Å². The Morgan fingerprint density at radius 3 is 2.95 bits per heavy atom. The molecule has 1 aromatic carbocycles. The van der Waals surface area contributed by atoms with Crippen molar-refractivity contribution in [3.8, 4) is 11.3 Å². The van der Waals surface area contributed by atoms with Crippen LogP contribution in [0.25, 0.3) is 11.3 Å². The van der Waals surface area contributed by atoms with E-state index in [0.29, 0.717) is 17.4 Å². The summed E-state index contributed by atoms with van der Waals surface area (Å²) in [5, 5.41) is 13.3. The lowest BCUT2D eigenvalue weighted by Gasteiger charge is -2.09. The molecule has 112 valence electrons. The van der Waals surface area contributed by atoms with Crippen LogP contribution >= 0.6 is 27.5 Å². The highest BCUT2D eigenvalue weighted by atomic mass is 79.9. The number of aromatic nitrogens is 2. The van der Waals surface area contributed by atoms with Crippen LogP contribution in [-0.2, 0) is 4.79 Å². The third kappa shape index (κ3) is 4.06. The smallest absolute Gasteiger partial charge is 0.229 e. The fourth-order valence-electron chi connectivity index (χ4n) is 1.88. The second-order valence-electron chi connectivity index (χ2n) is 4.74. The summed E-state index contributed by atoms with van der Waals surface area (Å²) < 4.78 is 0.921. The Kier molecular flexibility index (Phi) is 5.39. The number of hydrogen-bond donors (Lipinski definition) is 3. The number of carbonyl (C=O) groups excluding carboxylic acids is 1. The fourth-order valence-corrected chi connectivity index (χ4v) is 2.46. The monoisotopic (exact) mass is 370 g/mol. The van der Waals surface area contributed by atoms with Crippen molar-refractivity contribution in [3.63, 3.8) is 0 Å². The van der Waals surface area contributed by atoms with Crippen LogP contribution in [0.3, 0.4) is 0 Å². The summed E-state index contributed by atoms with van der Waals surface area (Å²) in [5.74, 6) is 0.265. The summed E-state index contributed by atoms with van der Waals surface area (Å²) in [7, 11) is 1.81. The summed E-state index contributed by atoms with van der Waals surface area (Å²) in [5.41, 5.74) is 1.57. The first-order valence-electron chi connectivity index (χ1n) is 6.47. The van der Waals surface area contributed by atoms with Crippen molar-refractivity contribution in [2.24, 2.45) is 5.92 Å². The number of rotatable bonds is 5. The normalized spacial score (nSPS) is 12.2. The number of anilines is 1. The molecule has 0 saturated heterocycles. The van der Waals surface area contributed by atoms with Gasteiger partial charge in [0.25, 0.3) is 0 Å². The van der Waals surface area contributed by atoms with Gasteiger partial charge in [0.2, 0.25) is 5.91 Å². The molecule has 1 unspecified atom stereocenters. The Labute approximate surface area is 136 Å². The zero-order valence-electron chi connectivity index (χ0n) is 11.7. The minimum atomic E-state index is -0.135. The molecule has 1 amide bonds. The maximum absolute atomic E-state index is 11.9. The van der Waals surface area contributed by atoms with Crippen molar-refractivity contribution in [2.75, 3.05) is 18.9 Å². The molecule has 1 aromatic heterocycles. The van der Waals surface area contributed by atoms with Crippen molar-refractivity contribution < 1.29 is 4.79 Å². The molecule has 7 heteroatoms. The Bertz CT molecular complexity index is 644. The molecule has 0 radical (unpaired) electrons. The van der Waals surface area contributed by atoms with Crippen molar-refractivity contribution in [3.05, 3.63) is 33.8 Å². The van der Waals surface area contributed by atoms with E-state index in [4.69, 9.17) is 11.6 Å². The lowest BCUT2D eigenvalue weighted by Crippen LogP contribution is -2.28. The number of halogens is 2. The van der Waals surface area contributed by atoms with Crippen LogP contribution in [0.1, 0.15) is 6.92 Å². The predicted octanol–water partition coefficient (Wildman–Crippen LogP) is 3.29. The quantitative estimate of drug-likeness (QED) is 0.755. The zero-order valence-corrected chi connectivity index (χ0v) is 14.0. The lowest BCUT2D eigenvalue weighted by molar-refractivity contribution is -0.119. The number of aromatic amines is 1. The standard InChI is InChI=1S/C14H16BrClN4O/c1-8(7-17-2)14(21)18-13-6-12(19-20-13)10-5-9(15)3-4-11(10)16/h3-6,8,17H,7H2,1-2H3,(H2,18,19,20,21). The Balaban J connectivity index is 2.15. The third-order valence-electron chi connectivity index (χ3n) is 3.01. The van der Waals surface area contributed by atoms with Gasteiger partial charge in [-0.2, -0.15) is 5.10 Å². The van der Waals surface area contributed by atoms with E-state index in [1.807, 2.05) is 26.1 Å². The Morgan fingerprint density at radius 2 is 2.24 bits per heavy atom.